The number of hydrogen-bond donors (Lipinski definition) is 1. The van der Waals surface area contributed by atoms with Gasteiger partial charge in [-0.05, 0) is 60.5 Å². The molecule has 1 aliphatic heterocycles. The number of barbiturate groups is 1. The molecule has 1 saturated heterocycles. The number of amides is 4. The lowest BCUT2D eigenvalue weighted by molar-refractivity contribution is -0.122. The van der Waals surface area contributed by atoms with Crippen molar-refractivity contribution in [2.45, 2.75) is 6.92 Å². The number of aryl methyl sites for hydroxylation is 1. The molecule has 0 bridgehead atoms. The summed E-state index contributed by atoms with van der Waals surface area (Å²) in [5.41, 5.74) is 1.72. The molecule has 0 aromatic heterocycles. The second-order valence-electron chi connectivity index (χ2n) is 5.88. The Morgan fingerprint density at radius 3 is 2.15 bits per heavy atom. The number of methoxy groups -OCH3 is 2. The number of ether oxygens (including phenoxy) is 2. The fraction of sp³-hybridized carbons (Fsp3) is 0.150. The minimum absolute atomic E-state index is 0.126. The molecule has 1 fully saturated rings. The van der Waals surface area contributed by atoms with Crippen LogP contribution >= 0.6 is 0 Å². The maximum Gasteiger partial charge on any atom is 0.335 e. The number of carbonyl (C=O) groups is 3. The lowest BCUT2D eigenvalue weighted by Crippen LogP contribution is -2.54. The van der Waals surface area contributed by atoms with Gasteiger partial charge in [-0.25, -0.2) is 9.69 Å². The summed E-state index contributed by atoms with van der Waals surface area (Å²) in [6.45, 7) is 1.84. The maximum absolute atomic E-state index is 12.9. The monoisotopic (exact) mass is 366 g/mol. The Bertz CT molecular complexity index is 947. The van der Waals surface area contributed by atoms with Crippen LogP contribution in [0.2, 0.25) is 0 Å². The standard InChI is InChI=1S/C20H18N2O5/c1-12-10-16(27-3)7-4-13(12)11-17-18(23)21-20(25)22(19(17)24)14-5-8-15(26-2)9-6-14/h4-11H,1-3H3,(H,21,23,25). The van der Waals surface area contributed by atoms with Crippen molar-refractivity contribution in [2.75, 3.05) is 19.1 Å². The van der Waals surface area contributed by atoms with Crippen LogP contribution in [0.25, 0.3) is 6.08 Å². The number of benzene rings is 2. The molecule has 3 rings (SSSR count). The van der Waals surface area contributed by atoms with Crippen LogP contribution in [0.5, 0.6) is 11.5 Å². The van der Waals surface area contributed by atoms with Gasteiger partial charge in [0.15, 0.2) is 0 Å². The average Bonchev–Trinajstić information content (AvgIpc) is 2.66. The molecule has 2 aromatic carbocycles. The Hall–Kier alpha value is -3.61. The zero-order chi connectivity index (χ0) is 19.6. The first kappa shape index (κ1) is 18.2. The number of hydrogen-bond acceptors (Lipinski definition) is 5. The van der Waals surface area contributed by atoms with E-state index < -0.39 is 17.8 Å². The first-order valence-electron chi connectivity index (χ1n) is 8.14. The van der Waals surface area contributed by atoms with Crippen LogP contribution in [0.15, 0.2) is 48.0 Å². The summed E-state index contributed by atoms with van der Waals surface area (Å²) in [6.07, 6.45) is 1.47. The summed E-state index contributed by atoms with van der Waals surface area (Å²) in [5.74, 6) is -0.164. The number of nitrogens with zero attached hydrogens (tertiary/aromatic N) is 1. The fourth-order valence-electron chi connectivity index (χ4n) is 2.72. The SMILES string of the molecule is COc1ccc(N2C(=O)NC(=O)C(=Cc3ccc(OC)cc3C)C2=O)cc1. The van der Waals surface area contributed by atoms with Gasteiger partial charge in [-0.2, -0.15) is 0 Å². The molecule has 1 N–H and O–H groups in total. The highest BCUT2D eigenvalue weighted by Crippen LogP contribution is 2.25. The third-order valence-corrected chi connectivity index (χ3v) is 4.21. The van der Waals surface area contributed by atoms with Crippen LogP contribution in [0.1, 0.15) is 11.1 Å². The van der Waals surface area contributed by atoms with Crippen molar-refractivity contribution in [1.29, 1.82) is 0 Å². The van der Waals surface area contributed by atoms with Gasteiger partial charge in [-0.15, -0.1) is 0 Å². The molecule has 2 aromatic rings. The Balaban J connectivity index is 1.99. The second-order valence-corrected chi connectivity index (χ2v) is 5.88. The topological polar surface area (TPSA) is 84.9 Å². The van der Waals surface area contributed by atoms with Crippen molar-refractivity contribution in [3.05, 3.63) is 59.2 Å². The summed E-state index contributed by atoms with van der Waals surface area (Å²) < 4.78 is 10.2. The van der Waals surface area contributed by atoms with Gasteiger partial charge in [0.1, 0.15) is 17.1 Å². The molecule has 1 aliphatic rings. The fourth-order valence-corrected chi connectivity index (χ4v) is 2.72. The number of rotatable bonds is 4. The molecular formula is C20H18N2O5. The lowest BCUT2D eigenvalue weighted by Gasteiger charge is -2.26. The molecular weight excluding hydrogens is 348 g/mol. The minimum atomic E-state index is -0.793. The Morgan fingerprint density at radius 2 is 1.56 bits per heavy atom. The predicted octanol–water partition coefficient (Wildman–Crippen LogP) is 2.68. The summed E-state index contributed by atoms with van der Waals surface area (Å²) in [7, 11) is 3.08. The Morgan fingerprint density at radius 1 is 0.926 bits per heavy atom. The van der Waals surface area contributed by atoms with E-state index in [-0.39, 0.29) is 5.57 Å². The third-order valence-electron chi connectivity index (χ3n) is 4.21. The largest absolute Gasteiger partial charge is 0.497 e. The van der Waals surface area contributed by atoms with Crippen LogP contribution < -0.4 is 19.7 Å². The van der Waals surface area contributed by atoms with E-state index in [4.69, 9.17) is 9.47 Å². The van der Waals surface area contributed by atoms with Crippen molar-refractivity contribution in [2.24, 2.45) is 0 Å². The van der Waals surface area contributed by atoms with Crippen LogP contribution in [0.4, 0.5) is 10.5 Å². The number of carbonyl (C=O) groups excluding carboxylic acids is 3. The van der Waals surface area contributed by atoms with Gasteiger partial charge in [0.25, 0.3) is 11.8 Å². The molecule has 0 aliphatic carbocycles. The molecule has 7 heteroatoms. The third kappa shape index (κ3) is 3.52. The number of nitrogens with one attached hydrogen (secondary N) is 1. The summed E-state index contributed by atoms with van der Waals surface area (Å²) >= 11 is 0. The van der Waals surface area contributed by atoms with Crippen molar-refractivity contribution < 1.29 is 23.9 Å². The van der Waals surface area contributed by atoms with E-state index in [2.05, 4.69) is 5.32 Å². The molecule has 1 heterocycles. The van der Waals surface area contributed by atoms with Crippen molar-refractivity contribution in [3.8, 4) is 11.5 Å². The van der Waals surface area contributed by atoms with Crippen molar-refractivity contribution >= 4 is 29.6 Å². The second kappa shape index (κ2) is 7.33. The smallest absolute Gasteiger partial charge is 0.335 e. The molecule has 0 spiro atoms. The van der Waals surface area contributed by atoms with Gasteiger partial charge in [0.2, 0.25) is 0 Å². The first-order chi connectivity index (χ1) is 12.9. The minimum Gasteiger partial charge on any atom is -0.497 e. The van der Waals surface area contributed by atoms with Gasteiger partial charge >= 0.3 is 6.03 Å². The maximum atomic E-state index is 12.9. The van der Waals surface area contributed by atoms with Gasteiger partial charge in [-0.1, -0.05) is 6.07 Å². The number of urea groups is 1. The van der Waals surface area contributed by atoms with E-state index in [1.165, 1.54) is 13.2 Å². The quantitative estimate of drug-likeness (QED) is 0.664. The zero-order valence-corrected chi connectivity index (χ0v) is 15.1. The molecule has 7 nitrogen and oxygen atoms in total. The highest BCUT2D eigenvalue weighted by Gasteiger charge is 2.36. The summed E-state index contributed by atoms with van der Waals surface area (Å²) in [6, 6.07) is 10.9. The van der Waals surface area contributed by atoms with E-state index in [0.29, 0.717) is 22.7 Å². The predicted molar refractivity (Wildman–Crippen MR) is 99.7 cm³/mol. The van der Waals surface area contributed by atoms with Crippen molar-refractivity contribution in [3.63, 3.8) is 0 Å². The summed E-state index contributed by atoms with van der Waals surface area (Å²) in [4.78, 5) is 38.2. The van der Waals surface area contributed by atoms with Crippen LogP contribution in [-0.4, -0.2) is 32.1 Å². The Labute approximate surface area is 156 Å². The van der Waals surface area contributed by atoms with Crippen LogP contribution in [0, 0.1) is 6.92 Å². The first-order valence-corrected chi connectivity index (χ1v) is 8.14. The lowest BCUT2D eigenvalue weighted by atomic mass is 10.0. The molecule has 4 amide bonds. The molecule has 0 unspecified atom stereocenters. The normalized spacial score (nSPS) is 15.7. The van der Waals surface area contributed by atoms with Crippen molar-refractivity contribution in [1.82, 2.24) is 5.32 Å². The molecule has 0 atom stereocenters. The molecule has 0 radical (unpaired) electrons. The molecule has 27 heavy (non-hydrogen) atoms. The number of anilines is 1. The van der Waals surface area contributed by atoms with Gasteiger partial charge in [0.05, 0.1) is 19.9 Å². The average molecular weight is 366 g/mol. The van der Waals surface area contributed by atoms with Gasteiger partial charge in [-0.3, -0.25) is 14.9 Å². The van der Waals surface area contributed by atoms with E-state index in [0.717, 1.165) is 10.5 Å². The van der Waals surface area contributed by atoms with E-state index in [1.807, 2.05) is 6.92 Å². The summed E-state index contributed by atoms with van der Waals surface area (Å²) in [5, 5.41) is 2.20. The van der Waals surface area contributed by atoms with E-state index in [1.54, 1.807) is 49.6 Å². The highest BCUT2D eigenvalue weighted by atomic mass is 16.5. The zero-order valence-electron chi connectivity index (χ0n) is 15.1. The number of imide groups is 2. The van der Waals surface area contributed by atoms with E-state index in [9.17, 15) is 14.4 Å². The van der Waals surface area contributed by atoms with Gasteiger partial charge < -0.3 is 9.47 Å². The highest BCUT2D eigenvalue weighted by molar-refractivity contribution is 6.39. The van der Waals surface area contributed by atoms with Crippen LogP contribution in [-0.2, 0) is 9.59 Å². The van der Waals surface area contributed by atoms with Gasteiger partial charge in [0, 0.05) is 0 Å². The van der Waals surface area contributed by atoms with Crippen LogP contribution in [0.3, 0.4) is 0 Å². The molecule has 0 saturated carbocycles. The molecule has 138 valence electrons. The van der Waals surface area contributed by atoms with E-state index >= 15 is 0 Å². The Kier molecular flexibility index (Phi) is 4.94.